The standard InChI is InChI=1S/C32H25N3O3/c36-31(34-28-7-2-1-3-8-28)22-10-12-23(13-11-22)32(37)35-16-17-38-30-15-14-24(18-27(30)21-35)26-19-25-6-4-5-9-29(25)33-20-26/h1-15,18-20H,16-17,21H2,(H,34,36). The van der Waals surface area contributed by atoms with E-state index in [-0.39, 0.29) is 11.8 Å². The Morgan fingerprint density at radius 1 is 0.789 bits per heavy atom. The molecule has 5 aromatic rings. The molecule has 1 aliphatic heterocycles. The number of carbonyl (C=O) groups is 2. The van der Waals surface area contributed by atoms with E-state index in [0.29, 0.717) is 30.8 Å². The van der Waals surface area contributed by atoms with Gasteiger partial charge in [0.25, 0.3) is 11.8 Å². The Bertz CT molecular complexity index is 1630. The molecule has 38 heavy (non-hydrogen) atoms. The number of carbonyl (C=O) groups excluding carboxylic acids is 2. The Morgan fingerprint density at radius 2 is 1.55 bits per heavy atom. The van der Waals surface area contributed by atoms with E-state index in [1.165, 1.54) is 0 Å². The van der Waals surface area contributed by atoms with Crippen molar-refractivity contribution >= 4 is 28.4 Å². The Labute approximate surface area is 220 Å². The molecule has 186 valence electrons. The molecule has 2 heterocycles. The van der Waals surface area contributed by atoms with E-state index in [4.69, 9.17) is 4.74 Å². The summed E-state index contributed by atoms with van der Waals surface area (Å²) in [5, 5.41) is 3.94. The first kappa shape index (κ1) is 23.4. The van der Waals surface area contributed by atoms with Crippen LogP contribution in [-0.2, 0) is 6.54 Å². The van der Waals surface area contributed by atoms with Crippen LogP contribution in [-0.4, -0.2) is 34.8 Å². The van der Waals surface area contributed by atoms with Crippen LogP contribution in [0.2, 0.25) is 0 Å². The van der Waals surface area contributed by atoms with Crippen molar-refractivity contribution in [1.82, 2.24) is 9.88 Å². The first-order chi connectivity index (χ1) is 18.6. The van der Waals surface area contributed by atoms with Crippen molar-refractivity contribution in [1.29, 1.82) is 0 Å². The van der Waals surface area contributed by atoms with Gasteiger partial charge in [-0.05, 0) is 66.2 Å². The van der Waals surface area contributed by atoms with E-state index in [2.05, 4.69) is 28.5 Å². The van der Waals surface area contributed by atoms with E-state index in [0.717, 1.165) is 39.0 Å². The van der Waals surface area contributed by atoms with Gasteiger partial charge in [0.1, 0.15) is 12.4 Å². The van der Waals surface area contributed by atoms with E-state index >= 15 is 0 Å². The van der Waals surface area contributed by atoms with E-state index < -0.39 is 0 Å². The molecule has 0 unspecified atom stereocenters. The van der Waals surface area contributed by atoms with Crippen molar-refractivity contribution in [2.24, 2.45) is 0 Å². The van der Waals surface area contributed by atoms with Crippen molar-refractivity contribution in [2.75, 3.05) is 18.5 Å². The van der Waals surface area contributed by atoms with Crippen LogP contribution in [0.5, 0.6) is 5.75 Å². The summed E-state index contributed by atoms with van der Waals surface area (Å²) in [6.07, 6.45) is 1.88. The molecule has 0 saturated heterocycles. The molecule has 0 fully saturated rings. The minimum absolute atomic E-state index is 0.103. The van der Waals surface area contributed by atoms with Crippen LogP contribution in [0.3, 0.4) is 0 Å². The van der Waals surface area contributed by atoms with Crippen molar-refractivity contribution in [3.63, 3.8) is 0 Å². The molecule has 0 radical (unpaired) electrons. The lowest BCUT2D eigenvalue weighted by Gasteiger charge is -2.20. The van der Waals surface area contributed by atoms with Gasteiger partial charge < -0.3 is 15.0 Å². The van der Waals surface area contributed by atoms with Crippen molar-refractivity contribution in [2.45, 2.75) is 6.54 Å². The molecule has 1 N–H and O–H groups in total. The van der Waals surface area contributed by atoms with Crippen molar-refractivity contribution in [3.8, 4) is 16.9 Å². The largest absolute Gasteiger partial charge is 0.491 e. The predicted octanol–water partition coefficient (Wildman–Crippen LogP) is 6.19. The summed E-state index contributed by atoms with van der Waals surface area (Å²) < 4.78 is 5.97. The lowest BCUT2D eigenvalue weighted by atomic mass is 10.0. The topological polar surface area (TPSA) is 71.5 Å². The van der Waals surface area contributed by atoms with Crippen molar-refractivity contribution < 1.29 is 14.3 Å². The Balaban J connectivity index is 1.20. The molecule has 2 amide bonds. The SMILES string of the molecule is O=C(Nc1ccccc1)c1ccc(C(=O)N2CCOc3ccc(-c4cnc5ccccc5c4)cc3C2)cc1. The normalized spacial score (nSPS) is 12.8. The third kappa shape index (κ3) is 4.84. The van der Waals surface area contributed by atoms with E-state index in [1.54, 1.807) is 29.2 Å². The van der Waals surface area contributed by atoms with Gasteiger partial charge in [0.15, 0.2) is 0 Å². The highest BCUT2D eigenvalue weighted by Crippen LogP contribution is 2.30. The van der Waals surface area contributed by atoms with Crippen LogP contribution in [0.4, 0.5) is 5.69 Å². The smallest absolute Gasteiger partial charge is 0.255 e. The quantitative estimate of drug-likeness (QED) is 0.320. The van der Waals surface area contributed by atoms with Crippen LogP contribution < -0.4 is 10.1 Å². The average molecular weight is 500 g/mol. The molecule has 1 aliphatic rings. The Hall–Kier alpha value is -4.97. The number of nitrogens with zero attached hydrogens (tertiary/aromatic N) is 2. The predicted molar refractivity (Wildman–Crippen MR) is 148 cm³/mol. The molecule has 0 saturated carbocycles. The maximum Gasteiger partial charge on any atom is 0.255 e. The highest BCUT2D eigenvalue weighted by molar-refractivity contribution is 6.05. The second-order valence-corrected chi connectivity index (χ2v) is 9.21. The lowest BCUT2D eigenvalue weighted by molar-refractivity contribution is 0.0733. The summed E-state index contributed by atoms with van der Waals surface area (Å²) in [6.45, 7) is 1.31. The van der Waals surface area contributed by atoms with Gasteiger partial charge in [0.05, 0.1) is 12.1 Å². The van der Waals surface area contributed by atoms with E-state index in [9.17, 15) is 9.59 Å². The molecule has 6 rings (SSSR count). The number of fused-ring (bicyclic) bond motifs is 2. The molecular formula is C32H25N3O3. The van der Waals surface area contributed by atoms with Gasteiger partial charge in [-0.25, -0.2) is 0 Å². The van der Waals surface area contributed by atoms with Gasteiger partial charge in [-0.1, -0.05) is 42.5 Å². The van der Waals surface area contributed by atoms with Gasteiger partial charge >= 0.3 is 0 Å². The van der Waals surface area contributed by atoms with Gasteiger partial charge in [-0.15, -0.1) is 0 Å². The molecule has 0 bridgehead atoms. The number of benzene rings is 4. The van der Waals surface area contributed by atoms with Crippen LogP contribution in [0.15, 0.2) is 109 Å². The zero-order chi connectivity index (χ0) is 25.9. The third-order valence-electron chi connectivity index (χ3n) is 6.68. The fourth-order valence-electron chi connectivity index (χ4n) is 4.65. The minimum atomic E-state index is -0.219. The first-order valence-corrected chi connectivity index (χ1v) is 12.5. The molecule has 6 heteroatoms. The van der Waals surface area contributed by atoms with Gasteiger partial charge in [-0.2, -0.15) is 0 Å². The summed E-state index contributed by atoms with van der Waals surface area (Å²) >= 11 is 0. The monoisotopic (exact) mass is 499 g/mol. The number of aromatic nitrogens is 1. The zero-order valence-corrected chi connectivity index (χ0v) is 20.6. The zero-order valence-electron chi connectivity index (χ0n) is 20.6. The van der Waals surface area contributed by atoms with Crippen LogP contribution in [0.25, 0.3) is 22.0 Å². The molecule has 0 aliphatic carbocycles. The molecule has 1 aromatic heterocycles. The van der Waals surface area contributed by atoms with Crippen LogP contribution >= 0.6 is 0 Å². The lowest BCUT2D eigenvalue weighted by Crippen LogP contribution is -2.32. The fourth-order valence-corrected chi connectivity index (χ4v) is 4.65. The first-order valence-electron chi connectivity index (χ1n) is 12.5. The summed E-state index contributed by atoms with van der Waals surface area (Å²) in [6, 6.07) is 32.3. The number of amides is 2. The number of anilines is 1. The van der Waals surface area contributed by atoms with Gasteiger partial charge in [0, 0.05) is 46.1 Å². The highest BCUT2D eigenvalue weighted by atomic mass is 16.5. The second-order valence-electron chi connectivity index (χ2n) is 9.21. The minimum Gasteiger partial charge on any atom is -0.491 e. The number of rotatable bonds is 4. The number of ether oxygens (including phenoxy) is 1. The third-order valence-corrected chi connectivity index (χ3v) is 6.68. The van der Waals surface area contributed by atoms with E-state index in [1.807, 2.05) is 66.9 Å². The number of pyridine rings is 1. The maximum absolute atomic E-state index is 13.4. The number of nitrogens with one attached hydrogen (secondary N) is 1. The molecular weight excluding hydrogens is 474 g/mol. The van der Waals surface area contributed by atoms with Gasteiger partial charge in [-0.3, -0.25) is 14.6 Å². The highest BCUT2D eigenvalue weighted by Gasteiger charge is 2.22. The average Bonchev–Trinajstić information content (AvgIpc) is 3.19. The molecule has 0 atom stereocenters. The molecule has 0 spiro atoms. The summed E-state index contributed by atoms with van der Waals surface area (Å²) in [7, 11) is 0. The molecule has 4 aromatic carbocycles. The maximum atomic E-state index is 13.4. The summed E-state index contributed by atoms with van der Waals surface area (Å²) in [5.41, 5.74) is 5.67. The number of hydrogen-bond donors (Lipinski definition) is 1. The second kappa shape index (κ2) is 10.2. The Kier molecular flexibility index (Phi) is 6.28. The summed E-state index contributed by atoms with van der Waals surface area (Å²) in [4.78, 5) is 32.3. The van der Waals surface area contributed by atoms with Crippen LogP contribution in [0.1, 0.15) is 26.3 Å². The fraction of sp³-hybridized carbons (Fsp3) is 0.0938. The molecule has 6 nitrogen and oxygen atoms in total. The summed E-state index contributed by atoms with van der Waals surface area (Å²) in [5.74, 6) is 0.461. The van der Waals surface area contributed by atoms with Crippen LogP contribution in [0, 0.1) is 0 Å². The number of hydrogen-bond acceptors (Lipinski definition) is 4. The van der Waals surface area contributed by atoms with Crippen molar-refractivity contribution in [3.05, 3.63) is 126 Å². The number of para-hydroxylation sites is 2. The van der Waals surface area contributed by atoms with Gasteiger partial charge in [0.2, 0.25) is 0 Å². The Morgan fingerprint density at radius 3 is 2.39 bits per heavy atom.